The number of hydrogen-bond donors (Lipinski definition) is 2. The van der Waals surface area contributed by atoms with Crippen molar-refractivity contribution in [3.63, 3.8) is 0 Å². The predicted octanol–water partition coefficient (Wildman–Crippen LogP) is 2.95. The lowest BCUT2D eigenvalue weighted by atomic mass is 10.1. The predicted molar refractivity (Wildman–Crippen MR) is 81.5 cm³/mol. The van der Waals surface area contributed by atoms with Crippen molar-refractivity contribution in [2.45, 2.75) is 39.2 Å². The summed E-state index contributed by atoms with van der Waals surface area (Å²) in [7, 11) is 0. The van der Waals surface area contributed by atoms with Gasteiger partial charge in [-0.25, -0.2) is 0 Å². The molecule has 1 saturated carbocycles. The Balaban J connectivity index is 2.13. The van der Waals surface area contributed by atoms with Crippen LogP contribution in [0.4, 0.5) is 11.4 Å². The van der Waals surface area contributed by atoms with E-state index in [1.807, 2.05) is 6.92 Å². The molecule has 2 atom stereocenters. The third kappa shape index (κ3) is 3.71. The molecule has 2 N–H and O–H groups in total. The molecular weight excluding hydrogens is 270 g/mol. The number of benzene rings is 1. The van der Waals surface area contributed by atoms with E-state index < -0.39 is 4.92 Å². The molecule has 0 aromatic heterocycles. The smallest absolute Gasteiger partial charge is 0.292 e. The fourth-order valence-corrected chi connectivity index (χ4v) is 2.78. The van der Waals surface area contributed by atoms with Crippen molar-refractivity contribution in [2.24, 2.45) is 5.92 Å². The summed E-state index contributed by atoms with van der Waals surface area (Å²) in [6.07, 6.45) is 3.13. The molecular formula is C15H21N3O3. The molecule has 0 bridgehead atoms. The van der Waals surface area contributed by atoms with Gasteiger partial charge in [-0.05, 0) is 44.2 Å². The van der Waals surface area contributed by atoms with Gasteiger partial charge in [-0.1, -0.05) is 6.92 Å². The van der Waals surface area contributed by atoms with Crippen molar-refractivity contribution in [3.8, 4) is 0 Å². The summed E-state index contributed by atoms with van der Waals surface area (Å²) in [6, 6.07) is 4.65. The molecule has 6 heteroatoms. The first-order chi connectivity index (χ1) is 10.0. The van der Waals surface area contributed by atoms with E-state index in [-0.39, 0.29) is 17.6 Å². The highest BCUT2D eigenvalue weighted by atomic mass is 16.6. The molecule has 1 aromatic rings. The number of amides is 1. The average Bonchev–Trinajstić information content (AvgIpc) is 2.84. The van der Waals surface area contributed by atoms with E-state index in [0.29, 0.717) is 23.7 Å². The number of carbonyl (C=O) groups is 1. The molecule has 0 aliphatic heterocycles. The molecule has 1 aliphatic rings. The molecule has 0 spiro atoms. The molecule has 0 saturated heterocycles. The maximum absolute atomic E-state index is 12.2. The second-order valence-corrected chi connectivity index (χ2v) is 5.61. The molecule has 2 unspecified atom stereocenters. The third-order valence-electron chi connectivity index (χ3n) is 3.85. The highest BCUT2D eigenvalue weighted by molar-refractivity contribution is 5.96. The van der Waals surface area contributed by atoms with Crippen LogP contribution in [-0.4, -0.2) is 23.4 Å². The Hall–Kier alpha value is -2.11. The van der Waals surface area contributed by atoms with Gasteiger partial charge in [-0.2, -0.15) is 0 Å². The lowest BCUT2D eigenvalue weighted by Crippen LogP contribution is -2.32. The van der Waals surface area contributed by atoms with Gasteiger partial charge in [-0.3, -0.25) is 14.9 Å². The topological polar surface area (TPSA) is 84.3 Å². The highest BCUT2D eigenvalue weighted by Crippen LogP contribution is 2.27. The molecule has 1 amide bonds. The Bertz CT molecular complexity index is 545. The Kier molecular flexibility index (Phi) is 4.77. The molecule has 2 rings (SSSR count). The Morgan fingerprint density at radius 3 is 2.76 bits per heavy atom. The van der Waals surface area contributed by atoms with Crippen LogP contribution in [0.15, 0.2) is 18.2 Å². The van der Waals surface area contributed by atoms with Crippen LogP contribution < -0.4 is 10.6 Å². The van der Waals surface area contributed by atoms with Crippen LogP contribution in [0, 0.1) is 16.0 Å². The molecule has 21 heavy (non-hydrogen) atoms. The van der Waals surface area contributed by atoms with Crippen LogP contribution >= 0.6 is 0 Å². The van der Waals surface area contributed by atoms with Crippen molar-refractivity contribution < 1.29 is 9.72 Å². The summed E-state index contributed by atoms with van der Waals surface area (Å²) >= 11 is 0. The van der Waals surface area contributed by atoms with Crippen LogP contribution in [0.25, 0.3) is 0 Å². The minimum Gasteiger partial charge on any atom is -0.380 e. The van der Waals surface area contributed by atoms with Crippen molar-refractivity contribution in [2.75, 3.05) is 11.9 Å². The standard InChI is InChI=1S/C15H21N3O3/c1-3-16-13-9-11(5-7-14(13)18(20)21)15(19)17-12-6-4-10(2)8-12/h5,7,9-10,12,16H,3-4,6,8H2,1-2H3,(H,17,19). The van der Waals surface area contributed by atoms with Gasteiger partial charge in [0.05, 0.1) is 4.92 Å². The number of hydrogen-bond acceptors (Lipinski definition) is 4. The summed E-state index contributed by atoms with van der Waals surface area (Å²) in [4.78, 5) is 22.7. The fourth-order valence-electron chi connectivity index (χ4n) is 2.78. The zero-order valence-corrected chi connectivity index (χ0v) is 12.4. The third-order valence-corrected chi connectivity index (χ3v) is 3.85. The number of nitrogens with one attached hydrogen (secondary N) is 2. The number of nitrogens with zero attached hydrogens (tertiary/aromatic N) is 1. The second-order valence-electron chi connectivity index (χ2n) is 5.61. The summed E-state index contributed by atoms with van der Waals surface area (Å²) in [5.41, 5.74) is 0.828. The van der Waals surface area contributed by atoms with E-state index in [0.717, 1.165) is 19.3 Å². The first-order valence-electron chi connectivity index (χ1n) is 7.34. The van der Waals surface area contributed by atoms with Crippen molar-refractivity contribution in [1.29, 1.82) is 0 Å². The lowest BCUT2D eigenvalue weighted by molar-refractivity contribution is -0.384. The number of nitro groups is 1. The molecule has 0 radical (unpaired) electrons. The summed E-state index contributed by atoms with van der Waals surface area (Å²) in [6.45, 7) is 4.60. The largest absolute Gasteiger partial charge is 0.380 e. The summed E-state index contributed by atoms with van der Waals surface area (Å²) in [5, 5.41) is 16.9. The maximum atomic E-state index is 12.2. The van der Waals surface area contributed by atoms with Crippen LogP contribution in [0.1, 0.15) is 43.5 Å². The Morgan fingerprint density at radius 1 is 1.43 bits per heavy atom. The molecule has 114 valence electrons. The maximum Gasteiger partial charge on any atom is 0.292 e. The normalized spacial score (nSPS) is 21.0. The van der Waals surface area contributed by atoms with Gasteiger partial charge < -0.3 is 10.6 Å². The molecule has 6 nitrogen and oxygen atoms in total. The second kappa shape index (κ2) is 6.56. The number of nitro benzene ring substituents is 1. The van der Waals surface area contributed by atoms with Gasteiger partial charge in [0, 0.05) is 24.2 Å². The first-order valence-corrected chi connectivity index (χ1v) is 7.34. The molecule has 1 aromatic carbocycles. The zero-order valence-electron chi connectivity index (χ0n) is 12.4. The van der Waals surface area contributed by atoms with Crippen LogP contribution in [0.2, 0.25) is 0 Å². The van der Waals surface area contributed by atoms with E-state index in [4.69, 9.17) is 0 Å². The quantitative estimate of drug-likeness (QED) is 0.645. The van der Waals surface area contributed by atoms with E-state index in [1.165, 1.54) is 12.1 Å². The number of rotatable bonds is 5. The van der Waals surface area contributed by atoms with Crippen molar-refractivity contribution in [3.05, 3.63) is 33.9 Å². The van der Waals surface area contributed by atoms with Gasteiger partial charge in [0.25, 0.3) is 11.6 Å². The Morgan fingerprint density at radius 2 is 2.19 bits per heavy atom. The van der Waals surface area contributed by atoms with E-state index in [1.54, 1.807) is 6.07 Å². The van der Waals surface area contributed by atoms with Gasteiger partial charge in [-0.15, -0.1) is 0 Å². The van der Waals surface area contributed by atoms with Gasteiger partial charge in [0.15, 0.2) is 0 Å². The van der Waals surface area contributed by atoms with E-state index in [9.17, 15) is 14.9 Å². The lowest BCUT2D eigenvalue weighted by Gasteiger charge is -2.13. The van der Waals surface area contributed by atoms with Gasteiger partial charge >= 0.3 is 0 Å². The number of anilines is 1. The van der Waals surface area contributed by atoms with Crippen LogP contribution in [0.3, 0.4) is 0 Å². The summed E-state index contributed by atoms with van der Waals surface area (Å²) in [5.74, 6) is 0.479. The highest BCUT2D eigenvalue weighted by Gasteiger charge is 2.24. The minimum absolute atomic E-state index is 0.0112. The van der Waals surface area contributed by atoms with Gasteiger partial charge in [0.2, 0.25) is 0 Å². The van der Waals surface area contributed by atoms with Crippen molar-refractivity contribution in [1.82, 2.24) is 5.32 Å². The Labute approximate surface area is 124 Å². The van der Waals surface area contributed by atoms with Crippen LogP contribution in [-0.2, 0) is 0 Å². The fraction of sp³-hybridized carbons (Fsp3) is 0.533. The molecule has 1 fully saturated rings. The zero-order chi connectivity index (χ0) is 15.4. The first kappa shape index (κ1) is 15.3. The summed E-state index contributed by atoms with van der Waals surface area (Å²) < 4.78 is 0. The monoisotopic (exact) mass is 291 g/mol. The van der Waals surface area contributed by atoms with E-state index in [2.05, 4.69) is 17.6 Å². The van der Waals surface area contributed by atoms with E-state index >= 15 is 0 Å². The van der Waals surface area contributed by atoms with Gasteiger partial charge in [0.1, 0.15) is 5.69 Å². The minimum atomic E-state index is -0.446. The van der Waals surface area contributed by atoms with Crippen molar-refractivity contribution >= 4 is 17.3 Å². The number of carbonyl (C=O) groups excluding carboxylic acids is 1. The molecule has 0 heterocycles. The molecule has 1 aliphatic carbocycles. The average molecular weight is 291 g/mol. The van der Waals surface area contributed by atoms with Crippen LogP contribution in [0.5, 0.6) is 0 Å². The SMILES string of the molecule is CCNc1cc(C(=O)NC2CCC(C)C2)ccc1[N+](=O)[O-].